The molecule has 0 aliphatic carbocycles. The normalized spacial score (nSPS) is 15.7. The number of carbonyl (C=O) groups is 2. The third kappa shape index (κ3) is 4.86. The highest BCUT2D eigenvalue weighted by Gasteiger charge is 2.24. The van der Waals surface area contributed by atoms with Gasteiger partial charge in [-0.15, -0.1) is 11.3 Å². The number of amides is 2. The second-order valence-corrected chi connectivity index (χ2v) is 8.27. The van der Waals surface area contributed by atoms with Gasteiger partial charge in [0, 0.05) is 23.5 Å². The van der Waals surface area contributed by atoms with E-state index in [-0.39, 0.29) is 11.8 Å². The Labute approximate surface area is 164 Å². The highest BCUT2D eigenvalue weighted by atomic mass is 32.1. The molecule has 4 nitrogen and oxygen atoms in total. The van der Waals surface area contributed by atoms with Gasteiger partial charge in [0.25, 0.3) is 11.8 Å². The van der Waals surface area contributed by atoms with Crippen LogP contribution in [0.1, 0.15) is 46.1 Å². The molecule has 0 unspecified atom stereocenters. The molecule has 0 bridgehead atoms. The summed E-state index contributed by atoms with van der Waals surface area (Å²) in [5.41, 5.74) is 3.09. The maximum Gasteiger partial charge on any atom is 0.270 e. The van der Waals surface area contributed by atoms with Gasteiger partial charge in [0.1, 0.15) is 5.70 Å². The van der Waals surface area contributed by atoms with Crippen molar-refractivity contribution in [1.82, 2.24) is 10.2 Å². The molecule has 2 heterocycles. The van der Waals surface area contributed by atoms with E-state index in [0.717, 1.165) is 41.9 Å². The number of aryl methyl sites for hydroxylation is 2. The summed E-state index contributed by atoms with van der Waals surface area (Å²) >= 11 is 1.57. The molecule has 5 heteroatoms. The van der Waals surface area contributed by atoms with E-state index >= 15 is 0 Å². The summed E-state index contributed by atoms with van der Waals surface area (Å²) in [5, 5.41) is 4.86. The van der Waals surface area contributed by atoms with Gasteiger partial charge in [0.05, 0.1) is 0 Å². The Balaban J connectivity index is 1.84. The molecule has 1 saturated heterocycles. The van der Waals surface area contributed by atoms with Gasteiger partial charge in [-0.25, -0.2) is 0 Å². The molecule has 2 aromatic rings. The van der Waals surface area contributed by atoms with E-state index in [0.29, 0.717) is 17.2 Å². The summed E-state index contributed by atoms with van der Waals surface area (Å²) in [6, 6.07) is 9.38. The van der Waals surface area contributed by atoms with Gasteiger partial charge in [-0.1, -0.05) is 24.6 Å². The van der Waals surface area contributed by atoms with Crippen LogP contribution < -0.4 is 5.32 Å². The quantitative estimate of drug-likeness (QED) is 0.797. The Morgan fingerprint density at radius 3 is 2.37 bits per heavy atom. The van der Waals surface area contributed by atoms with Crippen molar-refractivity contribution in [3.63, 3.8) is 0 Å². The first kappa shape index (κ1) is 19.4. The van der Waals surface area contributed by atoms with Crippen LogP contribution in [-0.4, -0.2) is 29.8 Å². The van der Waals surface area contributed by atoms with E-state index in [1.807, 2.05) is 48.4 Å². The van der Waals surface area contributed by atoms with E-state index in [2.05, 4.69) is 12.2 Å². The summed E-state index contributed by atoms with van der Waals surface area (Å²) in [7, 11) is 0. The van der Waals surface area contributed by atoms with Crippen molar-refractivity contribution >= 4 is 29.2 Å². The average Bonchev–Trinajstić information content (AvgIpc) is 3.06. The maximum absolute atomic E-state index is 13.1. The largest absolute Gasteiger partial charge is 0.337 e. The van der Waals surface area contributed by atoms with Crippen LogP contribution >= 0.6 is 11.3 Å². The molecular weight excluding hydrogens is 356 g/mol. The van der Waals surface area contributed by atoms with E-state index in [1.54, 1.807) is 23.5 Å². The Morgan fingerprint density at radius 1 is 1.11 bits per heavy atom. The molecule has 3 rings (SSSR count). The summed E-state index contributed by atoms with van der Waals surface area (Å²) in [4.78, 5) is 28.7. The van der Waals surface area contributed by atoms with Crippen molar-refractivity contribution in [2.45, 2.75) is 33.6 Å². The number of nitrogens with zero attached hydrogens (tertiary/aromatic N) is 1. The van der Waals surface area contributed by atoms with Gasteiger partial charge < -0.3 is 10.2 Å². The van der Waals surface area contributed by atoms with Gasteiger partial charge in [-0.2, -0.15) is 0 Å². The predicted octanol–water partition coefficient (Wildman–Crippen LogP) is 4.39. The smallest absolute Gasteiger partial charge is 0.270 e. The van der Waals surface area contributed by atoms with Crippen molar-refractivity contribution in [3.05, 3.63) is 63.0 Å². The number of hydrogen-bond acceptors (Lipinski definition) is 3. The van der Waals surface area contributed by atoms with Crippen molar-refractivity contribution in [2.24, 2.45) is 5.92 Å². The molecular formula is C22H26N2O2S. The second kappa shape index (κ2) is 8.53. The average molecular weight is 383 g/mol. The van der Waals surface area contributed by atoms with Crippen LogP contribution in [0.4, 0.5) is 0 Å². The number of benzene rings is 1. The predicted molar refractivity (Wildman–Crippen MR) is 111 cm³/mol. The minimum Gasteiger partial charge on any atom is -0.337 e. The SMILES string of the molecule is Cc1ccc(C(=O)N/C(=C\c2sccc2C)C(=O)N2CCC(C)CC2)cc1. The highest BCUT2D eigenvalue weighted by Crippen LogP contribution is 2.22. The molecule has 1 fully saturated rings. The lowest BCUT2D eigenvalue weighted by atomic mass is 9.99. The number of likely N-dealkylation sites (tertiary alicyclic amines) is 1. The second-order valence-electron chi connectivity index (χ2n) is 7.32. The molecule has 0 radical (unpaired) electrons. The zero-order chi connectivity index (χ0) is 19.4. The molecule has 2 amide bonds. The van der Waals surface area contributed by atoms with Crippen LogP contribution in [0.5, 0.6) is 0 Å². The van der Waals surface area contributed by atoms with E-state index < -0.39 is 0 Å². The lowest BCUT2D eigenvalue weighted by Crippen LogP contribution is -2.42. The third-order valence-electron chi connectivity index (χ3n) is 5.04. The van der Waals surface area contributed by atoms with Crippen molar-refractivity contribution < 1.29 is 9.59 Å². The fourth-order valence-electron chi connectivity index (χ4n) is 3.10. The lowest BCUT2D eigenvalue weighted by Gasteiger charge is -2.31. The lowest BCUT2D eigenvalue weighted by molar-refractivity contribution is -0.128. The van der Waals surface area contributed by atoms with Crippen LogP contribution in [-0.2, 0) is 4.79 Å². The standard InChI is InChI=1S/C22H26N2O2S/c1-15-4-6-18(7-5-15)21(25)23-19(14-20-17(3)10-13-27-20)22(26)24-11-8-16(2)9-12-24/h4-7,10,13-14,16H,8-9,11-12H2,1-3H3,(H,23,25)/b19-14-. The van der Waals surface area contributed by atoms with Gasteiger partial charge in [0.2, 0.25) is 0 Å². The Morgan fingerprint density at radius 2 is 1.78 bits per heavy atom. The minimum absolute atomic E-state index is 0.102. The van der Waals surface area contributed by atoms with Crippen LogP contribution in [0.25, 0.3) is 6.08 Å². The zero-order valence-electron chi connectivity index (χ0n) is 16.1. The van der Waals surface area contributed by atoms with Gasteiger partial charge in [-0.3, -0.25) is 9.59 Å². The zero-order valence-corrected chi connectivity index (χ0v) is 16.9. The molecule has 1 aliphatic heterocycles. The molecule has 0 atom stereocenters. The topological polar surface area (TPSA) is 49.4 Å². The fourth-order valence-corrected chi connectivity index (χ4v) is 3.95. The summed E-state index contributed by atoms with van der Waals surface area (Å²) in [6.07, 6.45) is 3.82. The molecule has 1 aromatic heterocycles. The van der Waals surface area contributed by atoms with E-state index in [4.69, 9.17) is 0 Å². The first-order chi connectivity index (χ1) is 12.9. The van der Waals surface area contributed by atoms with Crippen LogP contribution in [0, 0.1) is 19.8 Å². The van der Waals surface area contributed by atoms with Crippen LogP contribution in [0.15, 0.2) is 41.4 Å². The van der Waals surface area contributed by atoms with Crippen molar-refractivity contribution in [3.8, 4) is 0 Å². The van der Waals surface area contributed by atoms with Crippen LogP contribution in [0.2, 0.25) is 0 Å². The highest BCUT2D eigenvalue weighted by molar-refractivity contribution is 7.11. The number of piperidine rings is 1. The molecule has 1 N–H and O–H groups in total. The van der Waals surface area contributed by atoms with E-state index in [9.17, 15) is 9.59 Å². The number of hydrogen-bond donors (Lipinski definition) is 1. The molecule has 0 saturated carbocycles. The minimum atomic E-state index is -0.255. The summed E-state index contributed by atoms with van der Waals surface area (Å²) in [5.74, 6) is 0.285. The monoisotopic (exact) mass is 382 g/mol. The number of carbonyl (C=O) groups excluding carboxylic acids is 2. The molecule has 1 aromatic carbocycles. The fraction of sp³-hybridized carbons (Fsp3) is 0.364. The van der Waals surface area contributed by atoms with Crippen LogP contribution in [0.3, 0.4) is 0 Å². The molecule has 142 valence electrons. The van der Waals surface area contributed by atoms with Crippen molar-refractivity contribution in [1.29, 1.82) is 0 Å². The van der Waals surface area contributed by atoms with E-state index in [1.165, 1.54) is 0 Å². The van der Waals surface area contributed by atoms with Gasteiger partial charge in [-0.05, 0) is 67.8 Å². The Hall–Kier alpha value is -2.40. The first-order valence-electron chi connectivity index (χ1n) is 9.37. The number of rotatable bonds is 4. The van der Waals surface area contributed by atoms with Gasteiger partial charge >= 0.3 is 0 Å². The van der Waals surface area contributed by atoms with Crippen molar-refractivity contribution in [2.75, 3.05) is 13.1 Å². The molecule has 0 spiro atoms. The summed E-state index contributed by atoms with van der Waals surface area (Å²) in [6.45, 7) is 7.68. The maximum atomic E-state index is 13.1. The van der Waals surface area contributed by atoms with Gasteiger partial charge in [0.15, 0.2) is 0 Å². The Kier molecular flexibility index (Phi) is 6.11. The summed E-state index contributed by atoms with van der Waals surface area (Å²) < 4.78 is 0. The Bertz CT molecular complexity index is 843. The molecule has 27 heavy (non-hydrogen) atoms. The first-order valence-corrected chi connectivity index (χ1v) is 10.2. The molecule has 1 aliphatic rings. The number of nitrogens with one attached hydrogen (secondary N) is 1. The third-order valence-corrected chi connectivity index (χ3v) is 6.01. The number of thiophene rings is 1.